The summed E-state index contributed by atoms with van der Waals surface area (Å²) in [5.41, 5.74) is 4.05. The molecular formula is C21H20N2O2. The minimum atomic E-state index is -0.149. The zero-order chi connectivity index (χ0) is 17.6. The average molecular weight is 332 g/mol. The molecule has 1 aromatic heterocycles. The van der Waals surface area contributed by atoms with E-state index in [4.69, 9.17) is 4.74 Å². The third kappa shape index (κ3) is 3.86. The Labute approximate surface area is 147 Å². The standard InChI is InChI=1S/C21H20N2O2/c1-3-25-17-9-6-8-16(14-17)23-21(24)19-11-7-10-18(15(19)2)20-12-4-5-13-22-20/h4-14H,3H2,1-2H3,(H,23,24). The van der Waals surface area contributed by atoms with Crippen molar-refractivity contribution in [1.82, 2.24) is 4.98 Å². The van der Waals surface area contributed by atoms with Crippen LogP contribution in [-0.2, 0) is 0 Å². The maximum atomic E-state index is 12.7. The van der Waals surface area contributed by atoms with Gasteiger partial charge in [-0.05, 0) is 49.7 Å². The second-order valence-electron chi connectivity index (χ2n) is 5.61. The molecular weight excluding hydrogens is 312 g/mol. The molecule has 1 N–H and O–H groups in total. The number of nitrogens with one attached hydrogen (secondary N) is 1. The topological polar surface area (TPSA) is 51.2 Å². The third-order valence-electron chi connectivity index (χ3n) is 3.92. The van der Waals surface area contributed by atoms with Crippen LogP contribution in [0.1, 0.15) is 22.8 Å². The van der Waals surface area contributed by atoms with Gasteiger partial charge in [-0.25, -0.2) is 0 Å². The molecule has 3 rings (SSSR count). The van der Waals surface area contributed by atoms with Gasteiger partial charge in [-0.3, -0.25) is 9.78 Å². The van der Waals surface area contributed by atoms with Crippen LogP contribution >= 0.6 is 0 Å². The number of amides is 1. The van der Waals surface area contributed by atoms with Crippen molar-refractivity contribution >= 4 is 11.6 Å². The molecule has 0 unspecified atom stereocenters. The van der Waals surface area contributed by atoms with Crippen molar-refractivity contribution in [3.05, 3.63) is 78.0 Å². The van der Waals surface area contributed by atoms with Crippen LogP contribution in [0.25, 0.3) is 11.3 Å². The summed E-state index contributed by atoms with van der Waals surface area (Å²) < 4.78 is 5.47. The summed E-state index contributed by atoms with van der Waals surface area (Å²) >= 11 is 0. The predicted molar refractivity (Wildman–Crippen MR) is 100.0 cm³/mol. The van der Waals surface area contributed by atoms with Crippen molar-refractivity contribution in [3.8, 4) is 17.0 Å². The van der Waals surface area contributed by atoms with Crippen LogP contribution in [0, 0.1) is 6.92 Å². The van der Waals surface area contributed by atoms with Crippen molar-refractivity contribution in [1.29, 1.82) is 0 Å². The minimum absolute atomic E-state index is 0.149. The first-order valence-corrected chi connectivity index (χ1v) is 8.24. The molecule has 0 aliphatic rings. The Morgan fingerprint density at radius 3 is 2.68 bits per heavy atom. The Morgan fingerprint density at radius 2 is 1.92 bits per heavy atom. The summed E-state index contributed by atoms with van der Waals surface area (Å²) in [6.45, 7) is 4.45. The molecule has 126 valence electrons. The first-order valence-electron chi connectivity index (χ1n) is 8.24. The zero-order valence-corrected chi connectivity index (χ0v) is 14.3. The van der Waals surface area contributed by atoms with E-state index in [1.165, 1.54) is 0 Å². The number of hydrogen-bond donors (Lipinski definition) is 1. The minimum Gasteiger partial charge on any atom is -0.494 e. The van der Waals surface area contributed by atoms with E-state index in [-0.39, 0.29) is 5.91 Å². The summed E-state index contributed by atoms with van der Waals surface area (Å²) in [4.78, 5) is 17.1. The van der Waals surface area contributed by atoms with Gasteiger partial charge in [-0.2, -0.15) is 0 Å². The molecule has 1 heterocycles. The maximum Gasteiger partial charge on any atom is 0.255 e. The van der Waals surface area contributed by atoms with E-state index < -0.39 is 0 Å². The molecule has 4 nitrogen and oxygen atoms in total. The number of carbonyl (C=O) groups excluding carboxylic acids is 1. The van der Waals surface area contributed by atoms with Crippen molar-refractivity contribution in [2.75, 3.05) is 11.9 Å². The second-order valence-corrected chi connectivity index (χ2v) is 5.61. The first kappa shape index (κ1) is 16.7. The number of benzene rings is 2. The van der Waals surface area contributed by atoms with E-state index >= 15 is 0 Å². The number of nitrogens with zero attached hydrogens (tertiary/aromatic N) is 1. The Kier molecular flexibility index (Phi) is 5.09. The summed E-state index contributed by atoms with van der Waals surface area (Å²) in [6.07, 6.45) is 1.75. The number of ether oxygens (including phenoxy) is 1. The van der Waals surface area contributed by atoms with Crippen molar-refractivity contribution in [2.24, 2.45) is 0 Å². The van der Waals surface area contributed by atoms with Crippen LogP contribution in [0.4, 0.5) is 5.69 Å². The van der Waals surface area contributed by atoms with Gasteiger partial charge in [0.05, 0.1) is 12.3 Å². The van der Waals surface area contributed by atoms with Crippen LogP contribution < -0.4 is 10.1 Å². The van der Waals surface area contributed by atoms with E-state index in [2.05, 4.69) is 10.3 Å². The molecule has 0 spiro atoms. The molecule has 3 aromatic rings. The second kappa shape index (κ2) is 7.62. The van der Waals surface area contributed by atoms with Crippen molar-refractivity contribution in [2.45, 2.75) is 13.8 Å². The largest absolute Gasteiger partial charge is 0.494 e. The van der Waals surface area contributed by atoms with Gasteiger partial charge in [0.2, 0.25) is 0 Å². The monoisotopic (exact) mass is 332 g/mol. The fourth-order valence-electron chi connectivity index (χ4n) is 2.71. The molecule has 0 bridgehead atoms. The number of carbonyl (C=O) groups is 1. The van der Waals surface area contributed by atoms with Gasteiger partial charge < -0.3 is 10.1 Å². The Bertz CT molecular complexity index is 876. The van der Waals surface area contributed by atoms with Gasteiger partial charge in [0.1, 0.15) is 5.75 Å². The molecule has 0 fully saturated rings. The zero-order valence-electron chi connectivity index (χ0n) is 14.3. The molecule has 0 aliphatic heterocycles. The van der Waals surface area contributed by atoms with Crippen LogP contribution in [-0.4, -0.2) is 17.5 Å². The third-order valence-corrected chi connectivity index (χ3v) is 3.92. The van der Waals surface area contributed by atoms with E-state index in [0.29, 0.717) is 17.9 Å². The lowest BCUT2D eigenvalue weighted by molar-refractivity contribution is 0.102. The van der Waals surface area contributed by atoms with E-state index in [0.717, 1.165) is 22.6 Å². The quantitative estimate of drug-likeness (QED) is 0.736. The van der Waals surface area contributed by atoms with Crippen molar-refractivity contribution in [3.63, 3.8) is 0 Å². The van der Waals surface area contributed by atoms with Crippen molar-refractivity contribution < 1.29 is 9.53 Å². The number of hydrogen-bond acceptors (Lipinski definition) is 3. The highest BCUT2D eigenvalue weighted by molar-refractivity contribution is 6.06. The highest BCUT2D eigenvalue weighted by Crippen LogP contribution is 2.25. The normalized spacial score (nSPS) is 10.3. The van der Waals surface area contributed by atoms with Gasteiger partial charge in [0.25, 0.3) is 5.91 Å². The summed E-state index contributed by atoms with van der Waals surface area (Å²) in [5.74, 6) is 0.586. The molecule has 0 radical (unpaired) electrons. The summed E-state index contributed by atoms with van der Waals surface area (Å²) in [5, 5.41) is 2.94. The van der Waals surface area contributed by atoms with Gasteiger partial charge in [0.15, 0.2) is 0 Å². The van der Waals surface area contributed by atoms with Gasteiger partial charge in [-0.15, -0.1) is 0 Å². The van der Waals surface area contributed by atoms with Gasteiger partial charge in [0, 0.05) is 29.1 Å². The van der Waals surface area contributed by atoms with Crippen LogP contribution in [0.15, 0.2) is 66.9 Å². The predicted octanol–water partition coefficient (Wildman–Crippen LogP) is 4.71. The average Bonchev–Trinajstić information content (AvgIpc) is 2.63. The summed E-state index contributed by atoms with van der Waals surface area (Å²) in [6, 6.07) is 18.8. The van der Waals surface area contributed by atoms with Gasteiger partial charge in [-0.1, -0.05) is 24.3 Å². The molecule has 25 heavy (non-hydrogen) atoms. The number of rotatable bonds is 5. The molecule has 0 saturated carbocycles. The lowest BCUT2D eigenvalue weighted by Gasteiger charge is -2.12. The SMILES string of the molecule is CCOc1cccc(NC(=O)c2cccc(-c3ccccn3)c2C)c1. The maximum absolute atomic E-state index is 12.7. The molecule has 2 aromatic carbocycles. The van der Waals surface area contributed by atoms with Crippen LogP contribution in [0.5, 0.6) is 5.75 Å². The van der Waals surface area contributed by atoms with E-state index in [1.54, 1.807) is 6.20 Å². The summed E-state index contributed by atoms with van der Waals surface area (Å²) in [7, 11) is 0. The lowest BCUT2D eigenvalue weighted by atomic mass is 9.99. The Balaban J connectivity index is 1.87. The van der Waals surface area contributed by atoms with Crippen LogP contribution in [0.3, 0.4) is 0 Å². The number of pyridine rings is 1. The Hall–Kier alpha value is -3.14. The smallest absolute Gasteiger partial charge is 0.255 e. The first-order chi connectivity index (χ1) is 12.2. The fourth-order valence-corrected chi connectivity index (χ4v) is 2.71. The fraction of sp³-hybridized carbons (Fsp3) is 0.143. The molecule has 0 atom stereocenters. The highest BCUT2D eigenvalue weighted by Gasteiger charge is 2.13. The number of anilines is 1. The lowest BCUT2D eigenvalue weighted by Crippen LogP contribution is -2.14. The number of aromatic nitrogens is 1. The van der Waals surface area contributed by atoms with Gasteiger partial charge >= 0.3 is 0 Å². The molecule has 1 amide bonds. The molecule has 0 saturated heterocycles. The highest BCUT2D eigenvalue weighted by atomic mass is 16.5. The molecule has 0 aliphatic carbocycles. The Morgan fingerprint density at radius 1 is 1.08 bits per heavy atom. The van der Waals surface area contributed by atoms with Crippen LogP contribution in [0.2, 0.25) is 0 Å². The molecule has 4 heteroatoms. The van der Waals surface area contributed by atoms with E-state index in [9.17, 15) is 4.79 Å². The van der Waals surface area contributed by atoms with E-state index in [1.807, 2.05) is 74.5 Å².